The Kier molecular flexibility index (Phi) is 5.61. The summed E-state index contributed by atoms with van der Waals surface area (Å²) in [7, 11) is -7.49. The Morgan fingerprint density at radius 2 is 1.44 bits per heavy atom. The van der Waals surface area contributed by atoms with Crippen molar-refractivity contribution in [3.8, 4) is 0 Å². The van der Waals surface area contributed by atoms with Gasteiger partial charge in [-0.2, -0.15) is 0 Å². The van der Waals surface area contributed by atoms with E-state index in [0.29, 0.717) is 5.56 Å². The quantitative estimate of drug-likeness (QED) is 0.762. The summed E-state index contributed by atoms with van der Waals surface area (Å²) in [5.41, 5.74) is 1.54. The van der Waals surface area contributed by atoms with Gasteiger partial charge in [-0.1, -0.05) is 29.8 Å². The average Bonchev–Trinajstić information content (AvgIpc) is 2.52. The van der Waals surface area contributed by atoms with Crippen LogP contribution < -0.4 is 10.5 Å². The lowest BCUT2D eigenvalue weighted by Gasteiger charge is -2.07. The summed E-state index contributed by atoms with van der Waals surface area (Å²) in [6.07, 6.45) is 0. The minimum absolute atomic E-state index is 0.0375. The highest BCUT2D eigenvalue weighted by atomic mass is 32.2. The molecule has 0 unspecified atom stereocenters. The van der Waals surface area contributed by atoms with Gasteiger partial charge in [-0.15, -0.1) is 0 Å². The predicted octanol–water partition coefficient (Wildman–Crippen LogP) is 0.733. The highest BCUT2D eigenvalue weighted by Gasteiger charge is 2.19. The number of aryl methyl sites for hydroxylation is 1. The van der Waals surface area contributed by atoms with Crippen molar-refractivity contribution < 1.29 is 21.6 Å². The first-order chi connectivity index (χ1) is 11.6. The van der Waals surface area contributed by atoms with Crippen LogP contribution in [0.4, 0.5) is 0 Å². The van der Waals surface area contributed by atoms with E-state index in [2.05, 4.69) is 5.32 Å². The standard InChI is InChI=1S/C16H18N2O5S2/c1-12-2-6-14(7-3-12)24(20,21)11-16(19)18-10-13-4-8-15(9-5-13)25(17,22)23/h2-9H,10-11H2,1H3,(H,18,19)(H2,17,22,23). The Hall–Kier alpha value is -2.23. The zero-order valence-electron chi connectivity index (χ0n) is 13.5. The van der Waals surface area contributed by atoms with Crippen LogP contribution in [0.3, 0.4) is 0 Å². The third-order valence-corrected chi connectivity index (χ3v) is 6.00. The SMILES string of the molecule is Cc1ccc(S(=O)(=O)CC(=O)NCc2ccc(S(N)(=O)=O)cc2)cc1. The molecular formula is C16H18N2O5S2. The van der Waals surface area contributed by atoms with Crippen molar-refractivity contribution in [2.24, 2.45) is 5.14 Å². The average molecular weight is 382 g/mol. The maximum Gasteiger partial charge on any atom is 0.238 e. The van der Waals surface area contributed by atoms with Gasteiger partial charge >= 0.3 is 0 Å². The van der Waals surface area contributed by atoms with Crippen LogP contribution in [-0.4, -0.2) is 28.5 Å². The van der Waals surface area contributed by atoms with Gasteiger partial charge in [-0.25, -0.2) is 22.0 Å². The molecule has 1 amide bonds. The third-order valence-electron chi connectivity index (χ3n) is 3.44. The van der Waals surface area contributed by atoms with E-state index in [0.717, 1.165) is 5.56 Å². The van der Waals surface area contributed by atoms with E-state index >= 15 is 0 Å². The first-order valence-electron chi connectivity index (χ1n) is 7.26. The molecule has 134 valence electrons. The fraction of sp³-hybridized carbons (Fsp3) is 0.188. The fourth-order valence-corrected chi connectivity index (χ4v) is 3.73. The van der Waals surface area contributed by atoms with Gasteiger partial charge in [0.15, 0.2) is 9.84 Å². The molecule has 3 N–H and O–H groups in total. The first-order valence-corrected chi connectivity index (χ1v) is 10.5. The second kappa shape index (κ2) is 7.34. The van der Waals surface area contributed by atoms with Crippen LogP contribution in [0, 0.1) is 6.92 Å². The molecule has 0 fully saturated rings. The Bertz CT molecular complexity index is 964. The lowest BCUT2D eigenvalue weighted by atomic mass is 10.2. The van der Waals surface area contributed by atoms with Gasteiger partial charge in [0.25, 0.3) is 0 Å². The number of carbonyl (C=O) groups excluding carboxylic acids is 1. The Morgan fingerprint density at radius 3 is 1.96 bits per heavy atom. The van der Waals surface area contributed by atoms with Crippen LogP contribution in [0.5, 0.6) is 0 Å². The molecule has 0 atom stereocenters. The zero-order chi connectivity index (χ0) is 18.7. The molecule has 2 aromatic rings. The maximum atomic E-state index is 12.2. The Morgan fingerprint density at radius 1 is 0.920 bits per heavy atom. The van der Waals surface area contributed by atoms with E-state index in [-0.39, 0.29) is 16.3 Å². The molecule has 9 heteroatoms. The predicted molar refractivity (Wildman–Crippen MR) is 92.9 cm³/mol. The lowest BCUT2D eigenvalue weighted by Crippen LogP contribution is -2.30. The smallest absolute Gasteiger partial charge is 0.238 e. The van der Waals surface area contributed by atoms with Crippen molar-refractivity contribution >= 4 is 25.8 Å². The molecule has 7 nitrogen and oxygen atoms in total. The van der Waals surface area contributed by atoms with Crippen LogP contribution in [0.2, 0.25) is 0 Å². The van der Waals surface area contributed by atoms with E-state index in [9.17, 15) is 21.6 Å². The number of rotatable bonds is 6. The summed E-state index contributed by atoms with van der Waals surface area (Å²) in [5.74, 6) is -1.30. The van der Waals surface area contributed by atoms with Crippen molar-refractivity contribution in [2.75, 3.05) is 5.75 Å². The summed E-state index contributed by atoms with van der Waals surface area (Å²) in [5, 5.41) is 7.49. The topological polar surface area (TPSA) is 123 Å². The molecule has 0 radical (unpaired) electrons. The first kappa shape index (κ1) is 19.1. The molecular weight excluding hydrogens is 364 g/mol. The Balaban J connectivity index is 1.97. The molecule has 0 spiro atoms. The zero-order valence-corrected chi connectivity index (χ0v) is 15.1. The molecule has 0 heterocycles. The van der Waals surface area contributed by atoms with E-state index in [1.807, 2.05) is 6.92 Å². The number of nitrogens with two attached hydrogens (primary N) is 1. The molecule has 0 bridgehead atoms. The van der Waals surface area contributed by atoms with Gasteiger partial charge in [0.05, 0.1) is 9.79 Å². The monoisotopic (exact) mass is 382 g/mol. The molecule has 0 saturated heterocycles. The molecule has 0 aromatic heterocycles. The van der Waals surface area contributed by atoms with Crippen molar-refractivity contribution in [2.45, 2.75) is 23.3 Å². The van der Waals surface area contributed by atoms with Gasteiger partial charge in [-0.05, 0) is 36.8 Å². The van der Waals surface area contributed by atoms with Gasteiger partial charge < -0.3 is 5.32 Å². The second-order valence-electron chi connectivity index (χ2n) is 5.54. The molecule has 0 saturated carbocycles. The van der Waals surface area contributed by atoms with E-state index in [1.54, 1.807) is 12.1 Å². The van der Waals surface area contributed by atoms with Crippen LogP contribution >= 0.6 is 0 Å². The van der Waals surface area contributed by atoms with Crippen molar-refractivity contribution in [3.63, 3.8) is 0 Å². The largest absolute Gasteiger partial charge is 0.351 e. The molecule has 2 aromatic carbocycles. The minimum atomic E-state index is -3.78. The number of primary sulfonamides is 1. The molecule has 2 rings (SSSR count). The number of benzene rings is 2. The number of hydrogen-bond donors (Lipinski definition) is 2. The summed E-state index contributed by atoms with van der Waals surface area (Å²) < 4.78 is 46.7. The highest BCUT2D eigenvalue weighted by Crippen LogP contribution is 2.12. The number of sulfonamides is 1. The van der Waals surface area contributed by atoms with Crippen LogP contribution in [0.15, 0.2) is 58.3 Å². The van der Waals surface area contributed by atoms with E-state index in [4.69, 9.17) is 5.14 Å². The summed E-state index contributed by atoms with van der Waals surface area (Å²) in [6, 6.07) is 11.9. The van der Waals surface area contributed by atoms with Gasteiger partial charge in [0, 0.05) is 6.54 Å². The number of carbonyl (C=O) groups is 1. The number of nitrogens with one attached hydrogen (secondary N) is 1. The van der Waals surface area contributed by atoms with Gasteiger partial charge in [-0.3, -0.25) is 4.79 Å². The van der Waals surface area contributed by atoms with Crippen molar-refractivity contribution in [1.29, 1.82) is 0 Å². The second-order valence-corrected chi connectivity index (χ2v) is 9.09. The summed E-state index contributed by atoms with van der Waals surface area (Å²) in [6.45, 7) is 1.91. The number of sulfone groups is 1. The molecule has 0 aliphatic carbocycles. The molecule has 0 aliphatic rings. The van der Waals surface area contributed by atoms with Gasteiger partial charge in [0.1, 0.15) is 5.75 Å². The molecule has 25 heavy (non-hydrogen) atoms. The summed E-state index contributed by atoms with van der Waals surface area (Å²) >= 11 is 0. The number of amides is 1. The van der Waals surface area contributed by atoms with Gasteiger partial charge in [0.2, 0.25) is 15.9 Å². The van der Waals surface area contributed by atoms with Crippen LogP contribution in [0.1, 0.15) is 11.1 Å². The Labute approximate surface area is 146 Å². The number of hydrogen-bond acceptors (Lipinski definition) is 5. The normalized spacial score (nSPS) is 11.9. The third kappa shape index (κ3) is 5.38. The minimum Gasteiger partial charge on any atom is -0.351 e. The van der Waals surface area contributed by atoms with E-state index < -0.39 is 31.5 Å². The van der Waals surface area contributed by atoms with E-state index in [1.165, 1.54) is 36.4 Å². The maximum absolute atomic E-state index is 12.2. The fourth-order valence-electron chi connectivity index (χ4n) is 2.05. The van der Waals surface area contributed by atoms with Crippen molar-refractivity contribution in [1.82, 2.24) is 5.32 Å². The highest BCUT2D eigenvalue weighted by molar-refractivity contribution is 7.92. The van der Waals surface area contributed by atoms with Crippen LogP contribution in [-0.2, 0) is 31.2 Å². The summed E-state index contributed by atoms with van der Waals surface area (Å²) in [4.78, 5) is 11.9. The lowest BCUT2D eigenvalue weighted by molar-refractivity contribution is -0.118. The van der Waals surface area contributed by atoms with Crippen LogP contribution in [0.25, 0.3) is 0 Å². The molecule has 0 aliphatic heterocycles. The van der Waals surface area contributed by atoms with Crippen molar-refractivity contribution in [3.05, 3.63) is 59.7 Å².